The molecule has 1 N–H and O–H groups in total. The largest absolute Gasteiger partial charge is 0.316 e. The minimum absolute atomic E-state index is 0.0798. The summed E-state index contributed by atoms with van der Waals surface area (Å²) in [6.45, 7) is 3.51. The maximum Gasteiger partial charge on any atom is 0.194 e. The van der Waals surface area contributed by atoms with E-state index in [1.807, 2.05) is 6.92 Å². The second-order valence-corrected chi connectivity index (χ2v) is 4.34. The van der Waals surface area contributed by atoms with Crippen molar-refractivity contribution in [3.8, 4) is 0 Å². The van der Waals surface area contributed by atoms with Crippen molar-refractivity contribution in [1.29, 1.82) is 0 Å². The zero-order chi connectivity index (χ0) is 11.7. The SMILES string of the molecule is CC1CCNCC1c1ccc(F)c(F)c1F. The Morgan fingerprint density at radius 1 is 1.19 bits per heavy atom. The molecule has 0 bridgehead atoms. The molecule has 1 nitrogen and oxygen atoms in total. The van der Waals surface area contributed by atoms with E-state index in [2.05, 4.69) is 5.32 Å². The summed E-state index contributed by atoms with van der Waals surface area (Å²) in [5.74, 6) is -3.34. The monoisotopic (exact) mass is 229 g/mol. The first-order valence-corrected chi connectivity index (χ1v) is 5.45. The first kappa shape index (κ1) is 11.5. The lowest BCUT2D eigenvalue weighted by Crippen LogP contribution is -2.34. The first-order chi connectivity index (χ1) is 7.61. The first-order valence-electron chi connectivity index (χ1n) is 5.45. The Kier molecular flexibility index (Phi) is 3.19. The van der Waals surface area contributed by atoms with Crippen molar-refractivity contribution >= 4 is 0 Å². The number of piperidine rings is 1. The lowest BCUT2D eigenvalue weighted by molar-refractivity contribution is 0.333. The van der Waals surface area contributed by atoms with Gasteiger partial charge in [0.15, 0.2) is 17.5 Å². The van der Waals surface area contributed by atoms with Crippen molar-refractivity contribution in [3.63, 3.8) is 0 Å². The predicted molar refractivity (Wildman–Crippen MR) is 55.7 cm³/mol. The van der Waals surface area contributed by atoms with Gasteiger partial charge in [-0.3, -0.25) is 0 Å². The van der Waals surface area contributed by atoms with E-state index in [4.69, 9.17) is 0 Å². The van der Waals surface area contributed by atoms with Crippen molar-refractivity contribution in [2.24, 2.45) is 5.92 Å². The standard InChI is InChI=1S/C12H14F3N/c1-7-4-5-16-6-9(7)8-2-3-10(13)12(15)11(8)14/h2-3,7,9,16H,4-6H2,1H3. The molecule has 0 spiro atoms. The lowest BCUT2D eigenvalue weighted by atomic mass is 9.82. The molecule has 2 rings (SSSR count). The number of nitrogens with one attached hydrogen (secondary N) is 1. The molecule has 16 heavy (non-hydrogen) atoms. The van der Waals surface area contributed by atoms with Crippen LogP contribution in [0.15, 0.2) is 12.1 Å². The molecule has 1 aromatic rings. The number of rotatable bonds is 1. The van der Waals surface area contributed by atoms with E-state index >= 15 is 0 Å². The Bertz CT molecular complexity index is 392. The van der Waals surface area contributed by atoms with Gasteiger partial charge in [0, 0.05) is 12.5 Å². The highest BCUT2D eigenvalue weighted by atomic mass is 19.2. The van der Waals surface area contributed by atoms with Gasteiger partial charge < -0.3 is 5.32 Å². The smallest absolute Gasteiger partial charge is 0.194 e. The average molecular weight is 229 g/mol. The number of hydrogen-bond donors (Lipinski definition) is 1. The molecule has 0 aromatic heterocycles. The average Bonchev–Trinajstić information content (AvgIpc) is 2.28. The quantitative estimate of drug-likeness (QED) is 0.730. The molecule has 4 heteroatoms. The van der Waals surface area contributed by atoms with Crippen molar-refractivity contribution in [2.45, 2.75) is 19.3 Å². The lowest BCUT2D eigenvalue weighted by Gasteiger charge is -2.30. The van der Waals surface area contributed by atoms with Crippen molar-refractivity contribution in [3.05, 3.63) is 35.1 Å². The molecule has 88 valence electrons. The maximum atomic E-state index is 13.6. The van der Waals surface area contributed by atoms with Gasteiger partial charge in [-0.15, -0.1) is 0 Å². The summed E-state index contributed by atoms with van der Waals surface area (Å²) < 4.78 is 39.5. The van der Waals surface area contributed by atoms with Gasteiger partial charge in [0.05, 0.1) is 0 Å². The van der Waals surface area contributed by atoms with E-state index in [0.29, 0.717) is 6.54 Å². The van der Waals surface area contributed by atoms with E-state index in [-0.39, 0.29) is 17.4 Å². The number of benzene rings is 1. The summed E-state index contributed by atoms with van der Waals surface area (Å²) in [6.07, 6.45) is 0.920. The van der Waals surface area contributed by atoms with Gasteiger partial charge in [0.25, 0.3) is 0 Å². The van der Waals surface area contributed by atoms with Crippen molar-refractivity contribution < 1.29 is 13.2 Å². The van der Waals surface area contributed by atoms with Crippen LogP contribution < -0.4 is 5.32 Å². The van der Waals surface area contributed by atoms with Crippen LogP contribution >= 0.6 is 0 Å². The second kappa shape index (κ2) is 4.45. The van der Waals surface area contributed by atoms with Crippen molar-refractivity contribution in [1.82, 2.24) is 5.32 Å². The Labute approximate surface area is 92.7 Å². The summed E-state index contributed by atoms with van der Waals surface area (Å²) in [7, 11) is 0. The molecule has 1 fully saturated rings. The van der Waals surface area contributed by atoms with E-state index in [9.17, 15) is 13.2 Å². The molecule has 1 saturated heterocycles. The topological polar surface area (TPSA) is 12.0 Å². The summed E-state index contributed by atoms with van der Waals surface area (Å²) in [4.78, 5) is 0. The summed E-state index contributed by atoms with van der Waals surface area (Å²) >= 11 is 0. The minimum Gasteiger partial charge on any atom is -0.316 e. The van der Waals surface area contributed by atoms with Crippen LogP contribution in [0.4, 0.5) is 13.2 Å². The van der Waals surface area contributed by atoms with E-state index in [0.717, 1.165) is 19.0 Å². The highest BCUT2D eigenvalue weighted by Crippen LogP contribution is 2.31. The summed E-state index contributed by atoms with van der Waals surface area (Å²) in [5, 5.41) is 3.14. The van der Waals surface area contributed by atoms with Crippen LogP contribution in [0.5, 0.6) is 0 Å². The fraction of sp³-hybridized carbons (Fsp3) is 0.500. The fourth-order valence-corrected chi connectivity index (χ4v) is 2.23. The van der Waals surface area contributed by atoms with Gasteiger partial charge in [0.2, 0.25) is 0 Å². The minimum atomic E-state index is -1.37. The van der Waals surface area contributed by atoms with E-state index < -0.39 is 17.5 Å². The molecular weight excluding hydrogens is 215 g/mol. The molecule has 0 amide bonds. The molecule has 0 aliphatic carbocycles. The molecular formula is C12H14F3N. The fourth-order valence-electron chi connectivity index (χ4n) is 2.23. The normalized spacial score (nSPS) is 25.8. The molecule has 2 atom stereocenters. The number of halogens is 3. The molecule has 0 radical (unpaired) electrons. The van der Waals surface area contributed by atoms with Crippen LogP contribution in [0.3, 0.4) is 0 Å². The molecule has 1 aliphatic rings. The zero-order valence-corrected chi connectivity index (χ0v) is 9.06. The van der Waals surface area contributed by atoms with Crippen molar-refractivity contribution in [2.75, 3.05) is 13.1 Å². The van der Waals surface area contributed by atoms with Gasteiger partial charge in [-0.2, -0.15) is 0 Å². The van der Waals surface area contributed by atoms with Crippen LogP contribution in [-0.2, 0) is 0 Å². The molecule has 0 saturated carbocycles. The molecule has 1 aliphatic heterocycles. The Balaban J connectivity index is 2.36. The van der Waals surface area contributed by atoms with Crippen LogP contribution in [0.25, 0.3) is 0 Å². The van der Waals surface area contributed by atoms with Gasteiger partial charge >= 0.3 is 0 Å². The molecule has 1 heterocycles. The summed E-state index contributed by atoms with van der Waals surface area (Å²) in [5.41, 5.74) is 0.276. The van der Waals surface area contributed by atoms with E-state index in [1.54, 1.807) is 0 Å². The second-order valence-electron chi connectivity index (χ2n) is 4.34. The zero-order valence-electron chi connectivity index (χ0n) is 9.06. The van der Waals surface area contributed by atoms with Gasteiger partial charge in [-0.05, 0) is 30.5 Å². The third-order valence-corrected chi connectivity index (χ3v) is 3.29. The predicted octanol–water partition coefficient (Wildman–Crippen LogP) is 2.82. The van der Waals surface area contributed by atoms with Crippen LogP contribution in [-0.4, -0.2) is 13.1 Å². The van der Waals surface area contributed by atoms with Gasteiger partial charge in [-0.1, -0.05) is 13.0 Å². The van der Waals surface area contributed by atoms with Gasteiger partial charge in [-0.25, -0.2) is 13.2 Å². The Hall–Kier alpha value is -1.03. The highest BCUT2D eigenvalue weighted by Gasteiger charge is 2.27. The van der Waals surface area contributed by atoms with E-state index in [1.165, 1.54) is 6.07 Å². The maximum absolute atomic E-state index is 13.6. The third-order valence-electron chi connectivity index (χ3n) is 3.29. The van der Waals surface area contributed by atoms with Crippen LogP contribution in [0, 0.1) is 23.4 Å². The van der Waals surface area contributed by atoms with Crippen LogP contribution in [0.1, 0.15) is 24.8 Å². The highest BCUT2D eigenvalue weighted by molar-refractivity contribution is 5.25. The molecule has 2 unspecified atom stereocenters. The third kappa shape index (κ3) is 1.94. The molecule has 1 aromatic carbocycles. The van der Waals surface area contributed by atoms with Crippen LogP contribution in [0.2, 0.25) is 0 Å². The Morgan fingerprint density at radius 3 is 2.62 bits per heavy atom. The summed E-state index contributed by atoms with van der Waals surface area (Å²) in [6, 6.07) is 2.34. The number of hydrogen-bond acceptors (Lipinski definition) is 1. The van der Waals surface area contributed by atoms with Gasteiger partial charge in [0.1, 0.15) is 0 Å². The Morgan fingerprint density at radius 2 is 1.94 bits per heavy atom.